The summed E-state index contributed by atoms with van der Waals surface area (Å²) in [5.41, 5.74) is 0.687. The SMILES string of the molecule is COc1ccc(OCCN2CC(=O)N(c3ccc(OC)cc3)[C@H]3CS(=O)(=O)C[C@H]32)cc1. The molecule has 2 aliphatic heterocycles. The number of carbonyl (C=O) groups excluding carboxylic acids is 1. The largest absolute Gasteiger partial charge is 0.497 e. The zero-order chi connectivity index (χ0) is 22.0. The summed E-state index contributed by atoms with van der Waals surface area (Å²) in [6.45, 7) is 0.963. The first-order valence-corrected chi connectivity index (χ1v) is 11.9. The number of methoxy groups -OCH3 is 2. The van der Waals surface area contributed by atoms with Gasteiger partial charge in [0.15, 0.2) is 9.84 Å². The predicted molar refractivity (Wildman–Crippen MR) is 117 cm³/mol. The van der Waals surface area contributed by atoms with Gasteiger partial charge in [0, 0.05) is 18.3 Å². The number of sulfone groups is 1. The maximum Gasteiger partial charge on any atom is 0.241 e. The maximum atomic E-state index is 13.0. The van der Waals surface area contributed by atoms with Crippen molar-refractivity contribution in [1.82, 2.24) is 4.90 Å². The monoisotopic (exact) mass is 446 g/mol. The summed E-state index contributed by atoms with van der Waals surface area (Å²) in [6.07, 6.45) is 0. The Morgan fingerprint density at radius 2 is 1.42 bits per heavy atom. The number of nitrogens with zero attached hydrogens (tertiary/aromatic N) is 2. The van der Waals surface area contributed by atoms with Crippen LogP contribution in [0.1, 0.15) is 0 Å². The van der Waals surface area contributed by atoms with E-state index in [9.17, 15) is 13.2 Å². The molecule has 1 amide bonds. The van der Waals surface area contributed by atoms with E-state index in [0.29, 0.717) is 30.3 Å². The number of rotatable bonds is 7. The van der Waals surface area contributed by atoms with Crippen LogP contribution >= 0.6 is 0 Å². The van der Waals surface area contributed by atoms with Gasteiger partial charge in [-0.05, 0) is 48.5 Å². The number of carbonyl (C=O) groups is 1. The molecule has 2 atom stereocenters. The number of amides is 1. The quantitative estimate of drug-likeness (QED) is 0.639. The van der Waals surface area contributed by atoms with E-state index in [2.05, 4.69) is 0 Å². The van der Waals surface area contributed by atoms with Crippen molar-refractivity contribution in [2.45, 2.75) is 12.1 Å². The lowest BCUT2D eigenvalue weighted by Gasteiger charge is -2.43. The molecule has 0 spiro atoms. The first-order valence-electron chi connectivity index (χ1n) is 10.1. The number of benzene rings is 2. The highest BCUT2D eigenvalue weighted by atomic mass is 32.2. The van der Waals surface area contributed by atoms with Gasteiger partial charge in [-0.1, -0.05) is 0 Å². The lowest BCUT2D eigenvalue weighted by Crippen LogP contribution is -2.62. The smallest absolute Gasteiger partial charge is 0.241 e. The molecule has 0 aromatic heterocycles. The summed E-state index contributed by atoms with van der Waals surface area (Å²) in [7, 11) is -0.0612. The number of hydrogen-bond acceptors (Lipinski definition) is 7. The highest BCUT2D eigenvalue weighted by Crippen LogP contribution is 2.32. The summed E-state index contributed by atoms with van der Waals surface area (Å²) in [5, 5.41) is 0. The normalized spacial score (nSPS) is 22.8. The van der Waals surface area contributed by atoms with Gasteiger partial charge in [-0.3, -0.25) is 9.69 Å². The van der Waals surface area contributed by atoms with E-state index in [1.807, 2.05) is 29.2 Å². The van der Waals surface area contributed by atoms with Crippen LogP contribution in [0.5, 0.6) is 17.2 Å². The average Bonchev–Trinajstić information content (AvgIpc) is 3.09. The van der Waals surface area contributed by atoms with E-state index in [-0.39, 0.29) is 30.0 Å². The number of fused-ring (bicyclic) bond motifs is 1. The molecule has 9 heteroatoms. The third-order valence-corrected chi connectivity index (χ3v) is 7.46. The van der Waals surface area contributed by atoms with E-state index >= 15 is 0 Å². The minimum absolute atomic E-state index is 0.0364. The van der Waals surface area contributed by atoms with Crippen molar-refractivity contribution in [3.05, 3.63) is 48.5 Å². The number of anilines is 1. The van der Waals surface area contributed by atoms with Crippen molar-refractivity contribution in [2.75, 3.05) is 50.3 Å². The molecular weight excluding hydrogens is 420 g/mol. The summed E-state index contributed by atoms with van der Waals surface area (Å²) < 4.78 is 41.0. The van der Waals surface area contributed by atoms with E-state index < -0.39 is 15.9 Å². The zero-order valence-electron chi connectivity index (χ0n) is 17.6. The molecule has 2 aromatic rings. The third kappa shape index (κ3) is 4.62. The minimum atomic E-state index is -3.24. The third-order valence-electron chi connectivity index (χ3n) is 5.76. The molecule has 0 aliphatic carbocycles. The summed E-state index contributed by atoms with van der Waals surface area (Å²) in [4.78, 5) is 16.6. The van der Waals surface area contributed by atoms with Crippen molar-refractivity contribution >= 4 is 21.4 Å². The van der Waals surface area contributed by atoms with Gasteiger partial charge in [0.1, 0.15) is 23.9 Å². The first kappa shape index (κ1) is 21.5. The lowest BCUT2D eigenvalue weighted by molar-refractivity contribution is -0.123. The summed E-state index contributed by atoms with van der Waals surface area (Å²) in [5.74, 6) is 2.01. The van der Waals surface area contributed by atoms with Gasteiger partial charge < -0.3 is 19.1 Å². The fourth-order valence-electron chi connectivity index (χ4n) is 4.23. The van der Waals surface area contributed by atoms with E-state index in [1.54, 1.807) is 43.4 Å². The molecule has 0 saturated carbocycles. The van der Waals surface area contributed by atoms with Crippen LogP contribution in [0.3, 0.4) is 0 Å². The molecule has 0 bridgehead atoms. The molecule has 2 aromatic carbocycles. The van der Waals surface area contributed by atoms with Crippen LogP contribution in [-0.4, -0.2) is 76.7 Å². The second-order valence-electron chi connectivity index (χ2n) is 7.67. The van der Waals surface area contributed by atoms with Gasteiger partial charge in [0.25, 0.3) is 0 Å². The van der Waals surface area contributed by atoms with Gasteiger partial charge in [-0.25, -0.2) is 8.42 Å². The first-order chi connectivity index (χ1) is 14.9. The molecule has 0 radical (unpaired) electrons. The Morgan fingerprint density at radius 1 is 0.871 bits per heavy atom. The van der Waals surface area contributed by atoms with Crippen LogP contribution in [0.4, 0.5) is 5.69 Å². The predicted octanol–water partition coefficient (Wildman–Crippen LogP) is 1.60. The van der Waals surface area contributed by atoms with E-state index in [4.69, 9.17) is 14.2 Å². The van der Waals surface area contributed by atoms with Gasteiger partial charge in [-0.15, -0.1) is 0 Å². The number of piperazine rings is 1. The van der Waals surface area contributed by atoms with Crippen molar-refractivity contribution in [1.29, 1.82) is 0 Å². The zero-order valence-corrected chi connectivity index (χ0v) is 18.4. The van der Waals surface area contributed by atoms with Crippen molar-refractivity contribution in [3.8, 4) is 17.2 Å². The molecule has 2 saturated heterocycles. The average molecular weight is 447 g/mol. The highest BCUT2D eigenvalue weighted by Gasteiger charge is 2.49. The van der Waals surface area contributed by atoms with Gasteiger partial charge in [-0.2, -0.15) is 0 Å². The lowest BCUT2D eigenvalue weighted by atomic mass is 10.0. The Labute approximate surface area is 182 Å². The van der Waals surface area contributed by atoms with Crippen LogP contribution in [0.2, 0.25) is 0 Å². The van der Waals surface area contributed by atoms with Gasteiger partial charge >= 0.3 is 0 Å². The molecule has 2 fully saturated rings. The van der Waals surface area contributed by atoms with Crippen LogP contribution < -0.4 is 19.1 Å². The van der Waals surface area contributed by atoms with Crippen LogP contribution in [0.15, 0.2) is 48.5 Å². The Kier molecular flexibility index (Phi) is 6.06. The van der Waals surface area contributed by atoms with Crippen LogP contribution in [0, 0.1) is 0 Å². The van der Waals surface area contributed by atoms with Crippen molar-refractivity contribution in [3.63, 3.8) is 0 Å². The minimum Gasteiger partial charge on any atom is -0.497 e. The van der Waals surface area contributed by atoms with Crippen LogP contribution in [0.25, 0.3) is 0 Å². The molecule has 2 aliphatic rings. The maximum absolute atomic E-state index is 13.0. The molecule has 0 N–H and O–H groups in total. The standard InChI is InChI=1S/C22H26N2O6S/c1-28-17-5-3-16(4-6-17)24-21-15-31(26,27)14-20(21)23(13-22(24)25)11-12-30-19-9-7-18(29-2)8-10-19/h3-10,20-21H,11-15H2,1-2H3/t20-,21+/m1/s1. The molecule has 166 valence electrons. The Bertz CT molecular complexity index is 1020. The Hall–Kier alpha value is -2.78. The Balaban J connectivity index is 1.47. The van der Waals surface area contributed by atoms with Crippen molar-refractivity contribution in [2.24, 2.45) is 0 Å². The highest BCUT2D eigenvalue weighted by molar-refractivity contribution is 7.91. The number of hydrogen-bond donors (Lipinski definition) is 0. The topological polar surface area (TPSA) is 85.4 Å². The summed E-state index contributed by atoms with van der Waals surface area (Å²) >= 11 is 0. The Morgan fingerprint density at radius 3 is 2.03 bits per heavy atom. The second kappa shape index (κ2) is 8.76. The molecule has 31 heavy (non-hydrogen) atoms. The van der Waals surface area contributed by atoms with Gasteiger partial charge in [0.05, 0.1) is 38.3 Å². The second-order valence-corrected chi connectivity index (χ2v) is 9.82. The van der Waals surface area contributed by atoms with Gasteiger partial charge in [0.2, 0.25) is 5.91 Å². The van der Waals surface area contributed by atoms with Crippen molar-refractivity contribution < 1.29 is 27.4 Å². The van der Waals surface area contributed by atoms with Crippen LogP contribution in [-0.2, 0) is 14.6 Å². The molecule has 8 nitrogen and oxygen atoms in total. The molecule has 0 unspecified atom stereocenters. The molecular formula is C22H26N2O6S. The van der Waals surface area contributed by atoms with E-state index in [1.165, 1.54) is 0 Å². The molecule has 4 rings (SSSR count). The number of ether oxygens (including phenoxy) is 3. The molecule has 2 heterocycles. The summed E-state index contributed by atoms with van der Waals surface area (Å²) in [6, 6.07) is 13.7. The fraction of sp³-hybridized carbons (Fsp3) is 0.409. The fourth-order valence-corrected chi connectivity index (χ4v) is 6.21. The van der Waals surface area contributed by atoms with E-state index in [0.717, 1.165) is 5.75 Å².